The highest BCUT2D eigenvalue weighted by atomic mass is 16.1. The van der Waals surface area contributed by atoms with E-state index in [0.29, 0.717) is 18.1 Å². The molecule has 2 aromatic rings. The molecule has 6 nitrogen and oxygen atoms in total. The lowest BCUT2D eigenvalue weighted by atomic mass is 10.1. The summed E-state index contributed by atoms with van der Waals surface area (Å²) in [7, 11) is 0. The molecular formula is C15H21N5O. The van der Waals surface area contributed by atoms with Crippen molar-refractivity contribution in [3.8, 4) is 5.82 Å². The number of aromatic nitrogens is 3. The number of nitrogens with two attached hydrogens (primary N) is 1. The number of nitrogens with zero attached hydrogens (tertiary/aromatic N) is 3. The fourth-order valence-electron chi connectivity index (χ4n) is 2.04. The Labute approximate surface area is 124 Å². The third kappa shape index (κ3) is 4.13. The van der Waals surface area contributed by atoms with Crippen molar-refractivity contribution in [1.29, 1.82) is 0 Å². The molecule has 0 aliphatic rings. The molecule has 0 bridgehead atoms. The van der Waals surface area contributed by atoms with Gasteiger partial charge in [0.1, 0.15) is 5.69 Å². The zero-order chi connectivity index (χ0) is 15.1. The SMILES string of the molecule is CCCCC(CN)NC(=O)c1cccc(-n2cccn2)n1. The van der Waals surface area contributed by atoms with Gasteiger partial charge in [0.15, 0.2) is 5.82 Å². The smallest absolute Gasteiger partial charge is 0.270 e. The van der Waals surface area contributed by atoms with Crippen molar-refractivity contribution in [3.63, 3.8) is 0 Å². The van der Waals surface area contributed by atoms with Crippen LogP contribution in [-0.4, -0.2) is 33.3 Å². The standard InChI is InChI=1S/C15H21N5O/c1-2-3-6-12(11-16)18-15(21)13-7-4-8-14(19-13)20-10-5-9-17-20/h4-5,7-10,12H,2-3,6,11,16H2,1H3,(H,18,21). The van der Waals surface area contributed by atoms with Crippen LogP contribution < -0.4 is 11.1 Å². The van der Waals surface area contributed by atoms with E-state index in [-0.39, 0.29) is 11.9 Å². The molecule has 21 heavy (non-hydrogen) atoms. The summed E-state index contributed by atoms with van der Waals surface area (Å²) in [5, 5.41) is 7.04. The molecule has 0 saturated heterocycles. The number of hydrogen-bond donors (Lipinski definition) is 2. The number of carbonyl (C=O) groups excluding carboxylic acids is 1. The molecule has 0 aliphatic carbocycles. The maximum atomic E-state index is 12.2. The predicted octanol–water partition coefficient (Wildman–Crippen LogP) is 1.51. The second-order valence-electron chi connectivity index (χ2n) is 4.88. The van der Waals surface area contributed by atoms with Gasteiger partial charge in [-0.1, -0.05) is 25.8 Å². The fourth-order valence-corrected chi connectivity index (χ4v) is 2.04. The van der Waals surface area contributed by atoms with E-state index < -0.39 is 0 Å². The van der Waals surface area contributed by atoms with E-state index in [2.05, 4.69) is 22.3 Å². The largest absolute Gasteiger partial charge is 0.347 e. The molecule has 1 unspecified atom stereocenters. The normalized spacial score (nSPS) is 12.1. The van der Waals surface area contributed by atoms with E-state index in [1.807, 2.05) is 6.07 Å². The minimum Gasteiger partial charge on any atom is -0.347 e. The lowest BCUT2D eigenvalue weighted by Crippen LogP contribution is -2.40. The Kier molecular flexibility index (Phi) is 5.45. The zero-order valence-corrected chi connectivity index (χ0v) is 12.2. The molecule has 112 valence electrons. The number of carbonyl (C=O) groups is 1. The molecule has 1 amide bonds. The van der Waals surface area contributed by atoms with Crippen LogP contribution in [0.5, 0.6) is 0 Å². The van der Waals surface area contributed by atoms with Crippen molar-refractivity contribution >= 4 is 5.91 Å². The van der Waals surface area contributed by atoms with Gasteiger partial charge in [0.25, 0.3) is 5.91 Å². The van der Waals surface area contributed by atoms with Gasteiger partial charge < -0.3 is 11.1 Å². The Morgan fingerprint density at radius 1 is 1.43 bits per heavy atom. The lowest BCUT2D eigenvalue weighted by Gasteiger charge is -2.16. The van der Waals surface area contributed by atoms with Gasteiger partial charge in [-0.05, 0) is 24.6 Å². The van der Waals surface area contributed by atoms with Gasteiger partial charge in [-0.25, -0.2) is 9.67 Å². The van der Waals surface area contributed by atoms with Crippen LogP contribution in [0.4, 0.5) is 0 Å². The van der Waals surface area contributed by atoms with Crippen LogP contribution >= 0.6 is 0 Å². The minimum atomic E-state index is -0.199. The highest BCUT2D eigenvalue weighted by Gasteiger charge is 2.13. The number of nitrogens with one attached hydrogen (secondary N) is 1. The quantitative estimate of drug-likeness (QED) is 0.808. The van der Waals surface area contributed by atoms with Crippen molar-refractivity contribution in [2.45, 2.75) is 32.2 Å². The number of pyridine rings is 1. The fraction of sp³-hybridized carbons (Fsp3) is 0.400. The van der Waals surface area contributed by atoms with Gasteiger partial charge in [-0.2, -0.15) is 5.10 Å². The molecule has 2 rings (SSSR count). The average molecular weight is 287 g/mol. The first-order valence-corrected chi connectivity index (χ1v) is 7.22. The summed E-state index contributed by atoms with van der Waals surface area (Å²) in [6, 6.07) is 7.09. The lowest BCUT2D eigenvalue weighted by molar-refractivity contribution is 0.0930. The van der Waals surface area contributed by atoms with E-state index in [0.717, 1.165) is 19.3 Å². The number of unbranched alkanes of at least 4 members (excludes halogenated alkanes) is 1. The Morgan fingerprint density at radius 3 is 2.95 bits per heavy atom. The van der Waals surface area contributed by atoms with Crippen LogP contribution in [0.3, 0.4) is 0 Å². The molecule has 0 spiro atoms. The summed E-state index contributed by atoms with van der Waals surface area (Å²) in [5.41, 5.74) is 6.07. The molecule has 0 aromatic carbocycles. The van der Waals surface area contributed by atoms with Crippen molar-refractivity contribution in [3.05, 3.63) is 42.4 Å². The first kappa shape index (κ1) is 15.2. The van der Waals surface area contributed by atoms with Crippen molar-refractivity contribution in [1.82, 2.24) is 20.1 Å². The Hall–Kier alpha value is -2.21. The van der Waals surface area contributed by atoms with Gasteiger partial charge in [0, 0.05) is 25.0 Å². The number of rotatable bonds is 7. The highest BCUT2D eigenvalue weighted by Crippen LogP contribution is 2.06. The molecule has 0 aliphatic heterocycles. The topological polar surface area (TPSA) is 85.8 Å². The van der Waals surface area contributed by atoms with E-state index in [4.69, 9.17) is 5.73 Å². The van der Waals surface area contributed by atoms with Crippen LogP contribution in [0.2, 0.25) is 0 Å². The third-order valence-corrected chi connectivity index (χ3v) is 3.23. The van der Waals surface area contributed by atoms with E-state index >= 15 is 0 Å². The second kappa shape index (κ2) is 7.54. The molecule has 3 N–H and O–H groups in total. The van der Waals surface area contributed by atoms with Crippen LogP contribution in [0, 0.1) is 0 Å². The molecule has 2 heterocycles. The van der Waals surface area contributed by atoms with Crippen molar-refractivity contribution in [2.24, 2.45) is 5.73 Å². The maximum Gasteiger partial charge on any atom is 0.270 e. The molecule has 1 atom stereocenters. The maximum absolute atomic E-state index is 12.2. The van der Waals surface area contributed by atoms with E-state index in [1.165, 1.54) is 0 Å². The van der Waals surface area contributed by atoms with Crippen molar-refractivity contribution in [2.75, 3.05) is 6.54 Å². The molecule has 2 aromatic heterocycles. The molecule has 0 fully saturated rings. The molecule has 0 saturated carbocycles. The summed E-state index contributed by atoms with van der Waals surface area (Å²) < 4.78 is 1.62. The van der Waals surface area contributed by atoms with Gasteiger partial charge in [0.05, 0.1) is 0 Å². The van der Waals surface area contributed by atoms with Gasteiger partial charge in [-0.3, -0.25) is 4.79 Å². The van der Waals surface area contributed by atoms with Gasteiger partial charge >= 0.3 is 0 Å². The predicted molar refractivity (Wildman–Crippen MR) is 81.2 cm³/mol. The Bertz CT molecular complexity index is 567. The monoisotopic (exact) mass is 287 g/mol. The average Bonchev–Trinajstić information content (AvgIpc) is 3.05. The minimum absolute atomic E-state index is 0.00684. The molecule has 0 radical (unpaired) electrons. The van der Waals surface area contributed by atoms with Crippen LogP contribution in [0.1, 0.15) is 36.7 Å². The van der Waals surface area contributed by atoms with E-state index in [9.17, 15) is 4.79 Å². The Balaban J connectivity index is 2.07. The molecule has 6 heteroatoms. The number of amides is 1. The second-order valence-corrected chi connectivity index (χ2v) is 4.88. The third-order valence-electron chi connectivity index (χ3n) is 3.23. The van der Waals surface area contributed by atoms with Crippen LogP contribution in [-0.2, 0) is 0 Å². The summed E-state index contributed by atoms with van der Waals surface area (Å²) >= 11 is 0. The first-order valence-electron chi connectivity index (χ1n) is 7.22. The summed E-state index contributed by atoms with van der Waals surface area (Å²) in [4.78, 5) is 16.6. The summed E-state index contributed by atoms with van der Waals surface area (Å²) in [6.45, 7) is 2.55. The molecular weight excluding hydrogens is 266 g/mol. The first-order chi connectivity index (χ1) is 10.2. The van der Waals surface area contributed by atoms with Crippen LogP contribution in [0.15, 0.2) is 36.7 Å². The number of hydrogen-bond acceptors (Lipinski definition) is 4. The summed E-state index contributed by atoms with van der Waals surface area (Å²) in [5.74, 6) is 0.418. The van der Waals surface area contributed by atoms with Crippen LogP contribution in [0.25, 0.3) is 5.82 Å². The Morgan fingerprint density at radius 2 is 2.29 bits per heavy atom. The van der Waals surface area contributed by atoms with Gasteiger partial charge in [0.2, 0.25) is 0 Å². The van der Waals surface area contributed by atoms with Gasteiger partial charge in [-0.15, -0.1) is 0 Å². The zero-order valence-electron chi connectivity index (χ0n) is 12.2. The van der Waals surface area contributed by atoms with E-state index in [1.54, 1.807) is 35.3 Å². The summed E-state index contributed by atoms with van der Waals surface area (Å²) in [6.07, 6.45) is 6.47. The highest BCUT2D eigenvalue weighted by molar-refractivity contribution is 5.92. The van der Waals surface area contributed by atoms with Crippen molar-refractivity contribution < 1.29 is 4.79 Å².